The van der Waals surface area contributed by atoms with Crippen molar-refractivity contribution in [2.75, 3.05) is 18.8 Å². The third-order valence-corrected chi connectivity index (χ3v) is 4.63. The highest BCUT2D eigenvalue weighted by molar-refractivity contribution is 6.33. The molecule has 104 valence electrons. The molecule has 19 heavy (non-hydrogen) atoms. The number of pyridine rings is 1. The Labute approximate surface area is 118 Å². The van der Waals surface area contributed by atoms with Crippen LogP contribution in [0, 0.1) is 5.41 Å². The molecule has 0 radical (unpaired) electrons. The van der Waals surface area contributed by atoms with Crippen LogP contribution in [0.25, 0.3) is 0 Å². The van der Waals surface area contributed by atoms with E-state index >= 15 is 0 Å². The molecule has 1 aliphatic heterocycles. The van der Waals surface area contributed by atoms with Crippen LogP contribution in [-0.4, -0.2) is 28.9 Å². The van der Waals surface area contributed by atoms with Crippen molar-refractivity contribution in [1.82, 2.24) is 9.88 Å². The summed E-state index contributed by atoms with van der Waals surface area (Å²) in [5.41, 5.74) is 6.35. The van der Waals surface area contributed by atoms with Crippen LogP contribution in [0.4, 0.5) is 5.82 Å². The lowest BCUT2D eigenvalue weighted by molar-refractivity contribution is 0.0770. The molecule has 1 aliphatic rings. The van der Waals surface area contributed by atoms with Gasteiger partial charge in [-0.2, -0.15) is 0 Å². The number of amides is 1. The average Bonchev–Trinajstić information content (AvgIpc) is 2.86. The van der Waals surface area contributed by atoms with E-state index in [0.29, 0.717) is 16.4 Å². The van der Waals surface area contributed by atoms with Crippen molar-refractivity contribution in [3.63, 3.8) is 0 Å². The van der Waals surface area contributed by atoms with E-state index < -0.39 is 0 Å². The largest absolute Gasteiger partial charge is 0.384 e. The molecule has 1 fully saturated rings. The van der Waals surface area contributed by atoms with E-state index in [2.05, 4.69) is 18.8 Å². The quantitative estimate of drug-likeness (QED) is 0.927. The van der Waals surface area contributed by atoms with Gasteiger partial charge in [-0.15, -0.1) is 0 Å². The first-order chi connectivity index (χ1) is 9.01. The van der Waals surface area contributed by atoms with Crippen molar-refractivity contribution in [1.29, 1.82) is 0 Å². The van der Waals surface area contributed by atoms with Crippen LogP contribution in [0.15, 0.2) is 12.3 Å². The second-order valence-electron chi connectivity index (χ2n) is 5.27. The first-order valence-corrected chi connectivity index (χ1v) is 7.09. The van der Waals surface area contributed by atoms with Crippen LogP contribution in [0.5, 0.6) is 0 Å². The predicted molar refractivity (Wildman–Crippen MR) is 77.2 cm³/mol. The molecule has 0 atom stereocenters. The van der Waals surface area contributed by atoms with Crippen LogP contribution >= 0.6 is 11.6 Å². The van der Waals surface area contributed by atoms with Crippen LogP contribution in [0.1, 0.15) is 43.5 Å². The number of aromatic nitrogens is 1. The Hall–Kier alpha value is -1.29. The van der Waals surface area contributed by atoms with Crippen LogP contribution < -0.4 is 5.73 Å². The molecule has 1 amide bonds. The van der Waals surface area contributed by atoms with Gasteiger partial charge in [0.2, 0.25) is 0 Å². The maximum absolute atomic E-state index is 12.5. The van der Waals surface area contributed by atoms with Gasteiger partial charge in [0.15, 0.2) is 0 Å². The number of anilines is 1. The number of rotatable bonds is 3. The van der Waals surface area contributed by atoms with E-state index in [9.17, 15) is 4.79 Å². The maximum atomic E-state index is 12.5. The molecule has 1 aromatic heterocycles. The highest BCUT2D eigenvalue weighted by atomic mass is 35.5. The van der Waals surface area contributed by atoms with Crippen LogP contribution in [-0.2, 0) is 0 Å². The van der Waals surface area contributed by atoms with E-state index in [1.54, 1.807) is 6.07 Å². The first kappa shape index (κ1) is 14.1. The summed E-state index contributed by atoms with van der Waals surface area (Å²) in [6, 6.07) is 1.56. The lowest BCUT2D eigenvalue weighted by Gasteiger charge is -2.26. The Balaban J connectivity index is 2.20. The molecule has 2 rings (SSSR count). The third-order valence-electron chi connectivity index (χ3n) is 4.33. The highest BCUT2D eigenvalue weighted by Gasteiger charge is 2.37. The number of carbonyl (C=O) groups excluding carboxylic acids is 1. The lowest BCUT2D eigenvalue weighted by Crippen LogP contribution is -2.32. The fourth-order valence-electron chi connectivity index (χ4n) is 2.72. The average molecular weight is 282 g/mol. The van der Waals surface area contributed by atoms with Crippen LogP contribution in [0.3, 0.4) is 0 Å². The fraction of sp³-hybridized carbons (Fsp3) is 0.571. The summed E-state index contributed by atoms with van der Waals surface area (Å²) < 4.78 is 0. The summed E-state index contributed by atoms with van der Waals surface area (Å²) in [5, 5.41) is 0.365. The summed E-state index contributed by atoms with van der Waals surface area (Å²) in [6.45, 7) is 5.97. The molecular weight excluding hydrogens is 262 g/mol. The standard InChI is InChI=1S/C14H20ClN3O/c1-3-14(4-2)5-6-18(9-14)13(19)10-7-12(16)17-8-11(10)15/h7-8H,3-6,9H2,1-2H3,(H2,16,17). The molecule has 5 heteroatoms. The maximum Gasteiger partial charge on any atom is 0.255 e. The minimum atomic E-state index is -0.0390. The lowest BCUT2D eigenvalue weighted by atomic mass is 9.82. The Bertz CT molecular complexity index is 486. The molecule has 4 nitrogen and oxygen atoms in total. The van der Waals surface area contributed by atoms with Gasteiger partial charge in [-0.05, 0) is 30.7 Å². The second-order valence-corrected chi connectivity index (χ2v) is 5.68. The number of hydrogen-bond acceptors (Lipinski definition) is 3. The number of carbonyl (C=O) groups is 1. The zero-order chi connectivity index (χ0) is 14.0. The highest BCUT2D eigenvalue weighted by Crippen LogP contribution is 2.37. The predicted octanol–water partition coefficient (Wildman–Crippen LogP) is 2.97. The van der Waals surface area contributed by atoms with E-state index in [1.165, 1.54) is 6.20 Å². The molecule has 1 aromatic rings. The van der Waals surface area contributed by atoms with Gasteiger partial charge in [0.1, 0.15) is 5.82 Å². The number of nitrogens with zero attached hydrogens (tertiary/aromatic N) is 2. The monoisotopic (exact) mass is 281 g/mol. The van der Waals surface area contributed by atoms with Crippen molar-refractivity contribution in [3.05, 3.63) is 22.8 Å². The summed E-state index contributed by atoms with van der Waals surface area (Å²) in [7, 11) is 0. The molecule has 1 saturated heterocycles. The number of likely N-dealkylation sites (tertiary alicyclic amines) is 1. The molecular formula is C14H20ClN3O. The summed E-state index contributed by atoms with van der Waals surface area (Å²) in [5.74, 6) is 0.284. The molecule has 2 heterocycles. The van der Waals surface area contributed by atoms with Crippen molar-refractivity contribution in [2.45, 2.75) is 33.1 Å². The van der Waals surface area contributed by atoms with Gasteiger partial charge < -0.3 is 10.6 Å². The van der Waals surface area contributed by atoms with Gasteiger partial charge >= 0.3 is 0 Å². The normalized spacial score (nSPS) is 17.7. The van der Waals surface area contributed by atoms with Gasteiger partial charge in [-0.3, -0.25) is 4.79 Å². The Morgan fingerprint density at radius 2 is 2.21 bits per heavy atom. The smallest absolute Gasteiger partial charge is 0.255 e. The van der Waals surface area contributed by atoms with Gasteiger partial charge in [-0.25, -0.2) is 4.98 Å². The molecule has 0 unspecified atom stereocenters. The summed E-state index contributed by atoms with van der Waals surface area (Å²) in [6.07, 6.45) is 4.69. The Morgan fingerprint density at radius 1 is 1.53 bits per heavy atom. The topological polar surface area (TPSA) is 59.2 Å². The van der Waals surface area contributed by atoms with Gasteiger partial charge in [0.25, 0.3) is 5.91 Å². The first-order valence-electron chi connectivity index (χ1n) is 6.71. The van der Waals surface area contributed by atoms with Crippen LogP contribution in [0.2, 0.25) is 5.02 Å². The van der Waals surface area contributed by atoms with Gasteiger partial charge in [0, 0.05) is 19.3 Å². The number of nitrogen functional groups attached to an aromatic ring is 1. The van der Waals surface area contributed by atoms with Crippen molar-refractivity contribution in [2.24, 2.45) is 5.41 Å². The Morgan fingerprint density at radius 3 is 2.79 bits per heavy atom. The SMILES string of the molecule is CCC1(CC)CCN(C(=O)c2cc(N)ncc2Cl)C1. The molecule has 0 saturated carbocycles. The van der Waals surface area contributed by atoms with Gasteiger partial charge in [0.05, 0.1) is 10.6 Å². The third kappa shape index (κ3) is 2.68. The zero-order valence-electron chi connectivity index (χ0n) is 11.4. The molecule has 0 aliphatic carbocycles. The minimum absolute atomic E-state index is 0.0390. The van der Waals surface area contributed by atoms with Gasteiger partial charge in [-0.1, -0.05) is 25.4 Å². The van der Waals surface area contributed by atoms with Crippen molar-refractivity contribution in [3.8, 4) is 0 Å². The van der Waals surface area contributed by atoms with Crippen molar-refractivity contribution < 1.29 is 4.79 Å². The summed E-state index contributed by atoms with van der Waals surface area (Å²) >= 11 is 6.04. The number of halogens is 1. The van der Waals surface area contributed by atoms with Crippen molar-refractivity contribution >= 4 is 23.3 Å². The second kappa shape index (κ2) is 5.37. The van der Waals surface area contributed by atoms with E-state index in [0.717, 1.165) is 32.4 Å². The Kier molecular flexibility index (Phi) is 3.99. The van der Waals surface area contributed by atoms with E-state index in [-0.39, 0.29) is 11.3 Å². The molecule has 0 aromatic carbocycles. The molecule has 0 spiro atoms. The fourth-order valence-corrected chi connectivity index (χ4v) is 2.91. The number of nitrogens with two attached hydrogens (primary N) is 1. The molecule has 2 N–H and O–H groups in total. The van der Waals surface area contributed by atoms with E-state index in [1.807, 2.05) is 4.90 Å². The van der Waals surface area contributed by atoms with E-state index in [4.69, 9.17) is 17.3 Å². The minimum Gasteiger partial charge on any atom is -0.384 e. The molecule has 0 bridgehead atoms. The zero-order valence-corrected chi connectivity index (χ0v) is 12.2. The number of hydrogen-bond donors (Lipinski definition) is 1. The summed E-state index contributed by atoms with van der Waals surface area (Å²) in [4.78, 5) is 18.3.